The molecule has 0 aliphatic carbocycles. The van der Waals surface area contributed by atoms with Crippen LogP contribution >= 0.6 is 0 Å². The summed E-state index contributed by atoms with van der Waals surface area (Å²) in [5, 5.41) is 0. The Morgan fingerprint density at radius 2 is 1.85 bits per heavy atom. The first-order valence-electron chi connectivity index (χ1n) is 10.1. The minimum absolute atomic E-state index is 0.0511. The van der Waals surface area contributed by atoms with Gasteiger partial charge in [0.1, 0.15) is 5.56 Å². The van der Waals surface area contributed by atoms with E-state index >= 15 is 0 Å². The molecule has 0 bridgehead atoms. The maximum atomic E-state index is 14.3. The number of benzene rings is 1. The van der Waals surface area contributed by atoms with Gasteiger partial charge >= 0.3 is 12.2 Å². The molecule has 1 aromatic carbocycles. The van der Waals surface area contributed by atoms with Gasteiger partial charge in [-0.3, -0.25) is 4.79 Å². The largest absolute Gasteiger partial charge is 0.420 e. The monoisotopic (exact) mass is 499 g/mol. The van der Waals surface area contributed by atoms with E-state index in [1.807, 2.05) is 0 Å². The fourth-order valence-electron chi connectivity index (χ4n) is 3.29. The third-order valence-corrected chi connectivity index (χ3v) is 6.53. The predicted octanol–water partition coefficient (Wildman–Crippen LogP) is 4.43. The van der Waals surface area contributed by atoms with Gasteiger partial charge in [-0.15, -0.1) is 0 Å². The molecule has 0 amide bonds. The van der Waals surface area contributed by atoms with Gasteiger partial charge in [-0.25, -0.2) is 12.8 Å². The molecular formula is C22H21F4N3O4S. The van der Waals surface area contributed by atoms with Gasteiger partial charge in [-0.2, -0.15) is 23.1 Å². The van der Waals surface area contributed by atoms with Crippen LogP contribution in [0.5, 0.6) is 11.8 Å². The van der Waals surface area contributed by atoms with Crippen molar-refractivity contribution in [3.63, 3.8) is 0 Å². The Morgan fingerprint density at radius 1 is 1.15 bits per heavy atom. The third-order valence-electron chi connectivity index (χ3n) is 4.77. The Morgan fingerprint density at radius 3 is 2.47 bits per heavy atom. The second-order valence-electron chi connectivity index (χ2n) is 7.66. The first-order chi connectivity index (χ1) is 15.8. The lowest BCUT2D eigenvalue weighted by molar-refractivity contribution is -0.138. The Balaban J connectivity index is 2.18. The van der Waals surface area contributed by atoms with Gasteiger partial charge in [0.25, 0.3) is 5.56 Å². The molecule has 0 aliphatic heterocycles. The Kier molecular flexibility index (Phi) is 7.10. The smallest absolute Gasteiger partial charge is 0.420 e. The van der Waals surface area contributed by atoms with Crippen LogP contribution < -0.4 is 10.3 Å². The molecule has 182 valence electrons. The molecule has 0 spiro atoms. The van der Waals surface area contributed by atoms with Crippen LogP contribution in [0.1, 0.15) is 30.2 Å². The van der Waals surface area contributed by atoms with Crippen molar-refractivity contribution >= 4 is 9.84 Å². The Hall–Kier alpha value is -3.28. The van der Waals surface area contributed by atoms with Gasteiger partial charge in [0.05, 0.1) is 22.9 Å². The van der Waals surface area contributed by atoms with Crippen LogP contribution in [0.3, 0.4) is 0 Å². The molecule has 34 heavy (non-hydrogen) atoms. The van der Waals surface area contributed by atoms with Crippen molar-refractivity contribution < 1.29 is 30.7 Å². The lowest BCUT2D eigenvalue weighted by atomic mass is 10.1. The summed E-state index contributed by atoms with van der Waals surface area (Å²) in [7, 11) is -2.09. The molecule has 0 radical (unpaired) electrons. The van der Waals surface area contributed by atoms with Crippen molar-refractivity contribution in [2.24, 2.45) is 7.05 Å². The summed E-state index contributed by atoms with van der Waals surface area (Å²) in [4.78, 5) is 20.0. The number of pyridine rings is 1. The van der Waals surface area contributed by atoms with E-state index in [4.69, 9.17) is 4.74 Å². The van der Waals surface area contributed by atoms with Gasteiger partial charge in [0.15, 0.2) is 21.4 Å². The molecule has 2 aromatic heterocycles. The number of halogens is 4. The lowest BCUT2D eigenvalue weighted by Crippen LogP contribution is -2.18. The summed E-state index contributed by atoms with van der Waals surface area (Å²) in [6.45, 7) is 3.24. The van der Waals surface area contributed by atoms with Crippen molar-refractivity contribution in [2.45, 2.75) is 32.2 Å². The quantitative estimate of drug-likeness (QED) is 0.447. The van der Waals surface area contributed by atoms with Crippen LogP contribution in [0.2, 0.25) is 0 Å². The zero-order valence-corrected chi connectivity index (χ0v) is 19.3. The van der Waals surface area contributed by atoms with Gasteiger partial charge < -0.3 is 9.30 Å². The van der Waals surface area contributed by atoms with E-state index in [9.17, 15) is 30.8 Å². The standard InChI is InChI=1S/C22H21F4N3O4S/c1-4-8-34(31,32)12-15-10-18(14-9-13(2)20(30)29(3)11-14)28-21(27-15)33-19-16(22(24,25)26)6-5-7-17(19)23/h5-7,9-11H,4,8,12H2,1-3H3. The molecule has 3 aromatic rings. The molecule has 0 atom stereocenters. The van der Waals surface area contributed by atoms with Crippen LogP contribution in [0.4, 0.5) is 17.6 Å². The van der Waals surface area contributed by atoms with Gasteiger partial charge in [-0.1, -0.05) is 13.0 Å². The highest BCUT2D eigenvalue weighted by atomic mass is 32.2. The maximum Gasteiger partial charge on any atom is 0.420 e. The SMILES string of the molecule is CCCS(=O)(=O)Cc1cc(-c2cc(C)c(=O)n(C)c2)nc(Oc2c(F)cccc2C(F)(F)F)n1. The molecule has 0 saturated carbocycles. The molecule has 0 unspecified atom stereocenters. The van der Waals surface area contributed by atoms with Crippen molar-refractivity contribution in [3.8, 4) is 23.0 Å². The first-order valence-corrected chi connectivity index (χ1v) is 11.9. The van der Waals surface area contributed by atoms with Crippen LogP contribution in [0, 0.1) is 12.7 Å². The zero-order chi connectivity index (χ0) is 25.3. The minimum Gasteiger partial charge on any atom is -0.420 e. The number of sulfone groups is 1. The fraction of sp³-hybridized carbons (Fsp3) is 0.318. The average Bonchev–Trinajstić information content (AvgIpc) is 2.71. The summed E-state index contributed by atoms with van der Waals surface area (Å²) >= 11 is 0. The van der Waals surface area contributed by atoms with Crippen molar-refractivity contribution in [3.05, 3.63) is 69.5 Å². The molecular weight excluding hydrogens is 478 g/mol. The molecule has 0 fully saturated rings. The topological polar surface area (TPSA) is 91.2 Å². The summed E-state index contributed by atoms with van der Waals surface area (Å²) in [6.07, 6.45) is -3.14. The third kappa shape index (κ3) is 5.79. The van der Waals surface area contributed by atoms with E-state index in [2.05, 4.69) is 9.97 Å². The zero-order valence-electron chi connectivity index (χ0n) is 18.5. The van der Waals surface area contributed by atoms with Gasteiger partial charge in [0.2, 0.25) is 0 Å². The highest BCUT2D eigenvalue weighted by Crippen LogP contribution is 2.39. The van der Waals surface area contributed by atoms with E-state index in [0.29, 0.717) is 23.6 Å². The van der Waals surface area contributed by atoms with Gasteiger partial charge in [-0.05, 0) is 37.6 Å². The van der Waals surface area contributed by atoms with Crippen LogP contribution in [0.15, 0.2) is 41.3 Å². The highest BCUT2D eigenvalue weighted by Gasteiger charge is 2.36. The van der Waals surface area contributed by atoms with Crippen LogP contribution in [0.25, 0.3) is 11.3 Å². The average molecular weight is 499 g/mol. The normalized spacial score (nSPS) is 12.1. The number of ether oxygens (including phenoxy) is 1. The van der Waals surface area contributed by atoms with E-state index in [1.54, 1.807) is 13.8 Å². The number of aromatic nitrogens is 3. The second kappa shape index (κ2) is 9.53. The number of alkyl halides is 3. The number of hydrogen-bond donors (Lipinski definition) is 0. The Labute approximate surface area is 193 Å². The van der Waals surface area contributed by atoms with Crippen molar-refractivity contribution in [2.75, 3.05) is 5.75 Å². The molecule has 3 rings (SSSR count). The van der Waals surface area contributed by atoms with Crippen LogP contribution in [-0.2, 0) is 28.8 Å². The van der Waals surface area contributed by atoms with E-state index < -0.39 is 44.9 Å². The first kappa shape index (κ1) is 25.3. The Bertz CT molecular complexity index is 1360. The number of aryl methyl sites for hydroxylation is 2. The van der Waals surface area contributed by atoms with Crippen LogP contribution in [-0.4, -0.2) is 28.7 Å². The van der Waals surface area contributed by atoms with Gasteiger partial charge in [0, 0.05) is 24.4 Å². The highest BCUT2D eigenvalue weighted by molar-refractivity contribution is 7.90. The predicted molar refractivity (Wildman–Crippen MR) is 117 cm³/mol. The number of nitrogens with zero attached hydrogens (tertiary/aromatic N) is 3. The molecule has 7 nitrogen and oxygen atoms in total. The summed E-state index contributed by atoms with van der Waals surface area (Å²) in [6, 6.07) is 4.48. The second-order valence-corrected chi connectivity index (χ2v) is 9.85. The van der Waals surface area contributed by atoms with Crippen molar-refractivity contribution in [1.82, 2.24) is 14.5 Å². The molecule has 0 saturated heterocycles. The molecule has 0 aliphatic rings. The summed E-state index contributed by atoms with van der Waals surface area (Å²) < 4.78 is 85.6. The number of hydrogen-bond acceptors (Lipinski definition) is 6. The number of para-hydroxylation sites is 1. The maximum absolute atomic E-state index is 14.3. The number of rotatable bonds is 7. The molecule has 12 heteroatoms. The van der Waals surface area contributed by atoms with Crippen molar-refractivity contribution in [1.29, 1.82) is 0 Å². The van der Waals surface area contributed by atoms with E-state index in [-0.39, 0.29) is 22.7 Å². The summed E-state index contributed by atoms with van der Waals surface area (Å²) in [5.74, 6) is -3.08. The van der Waals surface area contributed by atoms with E-state index in [1.165, 1.54) is 29.9 Å². The molecule has 0 N–H and O–H groups in total. The van der Waals surface area contributed by atoms with E-state index in [0.717, 1.165) is 12.1 Å². The fourth-order valence-corrected chi connectivity index (χ4v) is 4.66. The summed E-state index contributed by atoms with van der Waals surface area (Å²) in [5.41, 5.74) is -0.888. The molecule has 2 heterocycles. The minimum atomic E-state index is -4.92. The lowest BCUT2D eigenvalue weighted by Gasteiger charge is -2.15.